The van der Waals surface area contributed by atoms with Crippen LogP contribution in [-0.2, 0) is 0 Å². The zero-order valence-corrected chi connectivity index (χ0v) is 15.2. The van der Waals surface area contributed by atoms with E-state index in [-0.39, 0.29) is 23.8 Å². The van der Waals surface area contributed by atoms with E-state index >= 15 is 0 Å². The quantitative estimate of drug-likeness (QED) is 0.524. The SMILES string of the molecule is COc1cccc(-n2ccc(=O)c(-c3nc(-c4ccc5c(c4)OCO5)no3)n2)c1. The van der Waals surface area contributed by atoms with Crippen LogP contribution in [0.2, 0.25) is 0 Å². The molecule has 1 aliphatic heterocycles. The van der Waals surface area contributed by atoms with Gasteiger partial charge >= 0.3 is 0 Å². The van der Waals surface area contributed by atoms with Crippen molar-refractivity contribution >= 4 is 0 Å². The number of aromatic nitrogens is 4. The van der Waals surface area contributed by atoms with Gasteiger partial charge in [-0.3, -0.25) is 4.79 Å². The van der Waals surface area contributed by atoms with Gasteiger partial charge < -0.3 is 18.7 Å². The molecule has 0 bridgehead atoms. The maximum atomic E-state index is 12.4. The Labute approximate surface area is 164 Å². The number of ether oxygens (including phenoxy) is 3. The Balaban J connectivity index is 1.52. The fourth-order valence-electron chi connectivity index (χ4n) is 2.93. The Kier molecular flexibility index (Phi) is 3.98. The van der Waals surface area contributed by atoms with E-state index in [0.29, 0.717) is 28.6 Å². The Morgan fingerprint density at radius 2 is 1.97 bits per heavy atom. The summed E-state index contributed by atoms with van der Waals surface area (Å²) in [5.74, 6) is 2.28. The summed E-state index contributed by atoms with van der Waals surface area (Å²) in [6.07, 6.45) is 1.57. The van der Waals surface area contributed by atoms with Crippen LogP contribution in [0.25, 0.3) is 28.7 Å². The van der Waals surface area contributed by atoms with Crippen molar-refractivity contribution in [2.75, 3.05) is 13.9 Å². The third-order valence-corrected chi connectivity index (χ3v) is 4.39. The van der Waals surface area contributed by atoms with Crippen LogP contribution in [0.4, 0.5) is 0 Å². The number of methoxy groups -OCH3 is 1. The molecule has 0 aliphatic carbocycles. The smallest absolute Gasteiger partial charge is 0.282 e. The molecule has 1 aliphatic rings. The van der Waals surface area contributed by atoms with Gasteiger partial charge in [0, 0.05) is 23.9 Å². The number of nitrogens with zero attached hydrogens (tertiary/aromatic N) is 4. The van der Waals surface area contributed by atoms with Gasteiger partial charge in [0.15, 0.2) is 17.2 Å². The van der Waals surface area contributed by atoms with Gasteiger partial charge in [-0.25, -0.2) is 4.68 Å². The van der Waals surface area contributed by atoms with Crippen LogP contribution in [0, 0.1) is 0 Å². The predicted octanol–water partition coefficient (Wildman–Crippen LogP) is 2.69. The molecule has 0 saturated heterocycles. The van der Waals surface area contributed by atoms with Gasteiger partial charge in [-0.1, -0.05) is 11.2 Å². The lowest BCUT2D eigenvalue weighted by Gasteiger charge is -2.07. The number of fused-ring (bicyclic) bond motifs is 1. The Bertz CT molecular complexity index is 1260. The number of hydrogen-bond donors (Lipinski definition) is 0. The average Bonchev–Trinajstić information content (AvgIpc) is 3.43. The van der Waals surface area contributed by atoms with Crippen molar-refractivity contribution in [3.05, 3.63) is 65.0 Å². The standard InChI is InChI=1S/C20H14N4O5/c1-26-14-4-2-3-13(10-14)24-8-7-15(25)18(22-24)20-21-19(23-29-20)12-5-6-16-17(9-12)28-11-27-16/h2-10H,11H2,1H3. The first-order chi connectivity index (χ1) is 14.2. The molecule has 2 aromatic heterocycles. The summed E-state index contributed by atoms with van der Waals surface area (Å²) in [4.78, 5) is 16.7. The maximum absolute atomic E-state index is 12.4. The molecule has 0 N–H and O–H groups in total. The first-order valence-corrected chi connectivity index (χ1v) is 8.70. The van der Waals surface area contributed by atoms with Crippen molar-refractivity contribution in [2.45, 2.75) is 0 Å². The first kappa shape index (κ1) is 17.0. The van der Waals surface area contributed by atoms with Crippen molar-refractivity contribution in [3.8, 4) is 45.9 Å². The molecule has 0 atom stereocenters. The highest BCUT2D eigenvalue weighted by Gasteiger charge is 2.19. The van der Waals surface area contributed by atoms with Gasteiger partial charge in [0.2, 0.25) is 18.0 Å². The van der Waals surface area contributed by atoms with E-state index in [0.717, 1.165) is 5.69 Å². The van der Waals surface area contributed by atoms with Crippen LogP contribution < -0.4 is 19.6 Å². The Morgan fingerprint density at radius 1 is 1.07 bits per heavy atom. The molecular weight excluding hydrogens is 376 g/mol. The van der Waals surface area contributed by atoms with E-state index in [1.54, 1.807) is 42.3 Å². The van der Waals surface area contributed by atoms with Crippen molar-refractivity contribution in [1.82, 2.24) is 19.9 Å². The minimum atomic E-state index is -0.329. The van der Waals surface area contributed by atoms with Gasteiger partial charge in [0.25, 0.3) is 5.89 Å². The number of hydrogen-bond acceptors (Lipinski definition) is 8. The summed E-state index contributed by atoms with van der Waals surface area (Å²) in [6, 6.07) is 14.0. The topological polar surface area (TPSA) is 102 Å². The lowest BCUT2D eigenvalue weighted by Crippen LogP contribution is -2.12. The lowest BCUT2D eigenvalue weighted by atomic mass is 10.2. The first-order valence-electron chi connectivity index (χ1n) is 8.70. The second-order valence-electron chi connectivity index (χ2n) is 6.17. The molecule has 9 heteroatoms. The molecule has 4 aromatic rings. The van der Waals surface area contributed by atoms with Crippen LogP contribution in [0.15, 0.2) is 64.0 Å². The molecule has 0 fully saturated rings. The van der Waals surface area contributed by atoms with Gasteiger partial charge in [-0.2, -0.15) is 10.1 Å². The molecule has 5 rings (SSSR count). The van der Waals surface area contributed by atoms with Crippen molar-refractivity contribution in [3.63, 3.8) is 0 Å². The second-order valence-corrected chi connectivity index (χ2v) is 6.17. The zero-order valence-electron chi connectivity index (χ0n) is 15.2. The summed E-state index contributed by atoms with van der Waals surface area (Å²) in [7, 11) is 1.58. The van der Waals surface area contributed by atoms with E-state index in [1.807, 2.05) is 18.2 Å². The molecule has 0 radical (unpaired) electrons. The summed E-state index contributed by atoms with van der Waals surface area (Å²) in [6.45, 7) is 0.175. The summed E-state index contributed by atoms with van der Waals surface area (Å²) >= 11 is 0. The normalized spacial score (nSPS) is 12.2. The van der Waals surface area contributed by atoms with E-state index in [2.05, 4.69) is 15.2 Å². The van der Waals surface area contributed by atoms with Gasteiger partial charge in [0.1, 0.15) is 5.75 Å². The molecule has 0 spiro atoms. The average molecular weight is 390 g/mol. The highest BCUT2D eigenvalue weighted by atomic mass is 16.7. The minimum absolute atomic E-state index is 0.0277. The highest BCUT2D eigenvalue weighted by Crippen LogP contribution is 2.35. The summed E-state index contributed by atoms with van der Waals surface area (Å²) in [5, 5.41) is 8.33. The van der Waals surface area contributed by atoms with E-state index in [1.165, 1.54) is 6.07 Å². The molecule has 9 nitrogen and oxygen atoms in total. The third-order valence-electron chi connectivity index (χ3n) is 4.39. The fraction of sp³-hybridized carbons (Fsp3) is 0.100. The molecule has 3 heterocycles. The van der Waals surface area contributed by atoms with Crippen LogP contribution >= 0.6 is 0 Å². The second kappa shape index (κ2) is 6.79. The van der Waals surface area contributed by atoms with Gasteiger partial charge in [-0.05, 0) is 30.3 Å². The molecule has 0 saturated carbocycles. The molecular formula is C20H14N4O5. The van der Waals surface area contributed by atoms with Crippen LogP contribution in [0.5, 0.6) is 17.2 Å². The largest absolute Gasteiger partial charge is 0.497 e. The highest BCUT2D eigenvalue weighted by molar-refractivity contribution is 5.63. The van der Waals surface area contributed by atoms with E-state index in [9.17, 15) is 4.79 Å². The molecule has 0 unspecified atom stereocenters. The van der Waals surface area contributed by atoms with Crippen LogP contribution in [0.1, 0.15) is 0 Å². The lowest BCUT2D eigenvalue weighted by molar-refractivity contribution is 0.174. The molecule has 0 amide bonds. The summed E-state index contributed by atoms with van der Waals surface area (Å²) < 4.78 is 22.8. The van der Waals surface area contributed by atoms with Gasteiger partial charge in [-0.15, -0.1) is 0 Å². The predicted molar refractivity (Wildman–Crippen MR) is 101 cm³/mol. The van der Waals surface area contributed by atoms with Crippen molar-refractivity contribution in [1.29, 1.82) is 0 Å². The maximum Gasteiger partial charge on any atom is 0.282 e. The minimum Gasteiger partial charge on any atom is -0.497 e. The Hall–Kier alpha value is -4.14. The van der Waals surface area contributed by atoms with Gasteiger partial charge in [0.05, 0.1) is 12.8 Å². The number of benzene rings is 2. The van der Waals surface area contributed by atoms with Crippen LogP contribution in [0.3, 0.4) is 0 Å². The Morgan fingerprint density at radius 3 is 2.86 bits per heavy atom. The van der Waals surface area contributed by atoms with E-state index in [4.69, 9.17) is 18.7 Å². The summed E-state index contributed by atoms with van der Waals surface area (Å²) in [5.41, 5.74) is 1.12. The van der Waals surface area contributed by atoms with E-state index < -0.39 is 0 Å². The van der Waals surface area contributed by atoms with Crippen molar-refractivity contribution in [2.24, 2.45) is 0 Å². The fourth-order valence-corrected chi connectivity index (χ4v) is 2.93. The number of rotatable bonds is 4. The van der Waals surface area contributed by atoms with Crippen LogP contribution in [-0.4, -0.2) is 33.8 Å². The monoisotopic (exact) mass is 390 g/mol. The molecule has 29 heavy (non-hydrogen) atoms. The van der Waals surface area contributed by atoms with Crippen molar-refractivity contribution < 1.29 is 18.7 Å². The zero-order chi connectivity index (χ0) is 19.8. The third kappa shape index (κ3) is 3.08. The molecule has 2 aromatic carbocycles. The molecule has 144 valence electrons.